The fraction of sp³-hybridized carbons (Fsp3) is 0.250. The topological polar surface area (TPSA) is 91.7 Å². The van der Waals surface area contributed by atoms with Gasteiger partial charge in [-0.25, -0.2) is 13.4 Å². The van der Waals surface area contributed by atoms with Crippen LogP contribution in [-0.4, -0.2) is 42.3 Å². The van der Waals surface area contributed by atoms with Crippen molar-refractivity contribution in [2.24, 2.45) is 4.40 Å². The Morgan fingerprint density at radius 3 is 2.72 bits per heavy atom. The number of amides is 1. The van der Waals surface area contributed by atoms with E-state index < -0.39 is 15.9 Å². The van der Waals surface area contributed by atoms with Gasteiger partial charge in [-0.1, -0.05) is 44.2 Å². The van der Waals surface area contributed by atoms with E-state index in [2.05, 4.69) is 28.5 Å². The second kappa shape index (κ2) is 7.57. The Morgan fingerprint density at radius 2 is 2.00 bits per heavy atom. The van der Waals surface area contributed by atoms with Crippen molar-refractivity contribution in [1.82, 2.24) is 9.88 Å². The Kier molecular flexibility index (Phi) is 5.10. The molecule has 4 rings (SSSR count). The maximum atomic E-state index is 12.9. The number of fused-ring (bicyclic) bond motifs is 1. The number of aromatic nitrogens is 1. The van der Waals surface area contributed by atoms with Crippen molar-refractivity contribution in [2.45, 2.75) is 19.8 Å². The molecule has 1 N–H and O–H groups in total. The average Bonchev–Trinajstić information content (AvgIpc) is 3.11. The standard InChI is InChI=1S/C20H20N4O3S2/c1-13(2)17-16(14-7-4-3-5-8-14)21-20(28-17)22-19(25)15-9-6-10-24-11-12-29(26,27)23-18(15)24/h3-10,13H,11-12H2,1-2H3,(H,21,22,25). The van der Waals surface area contributed by atoms with Gasteiger partial charge < -0.3 is 4.90 Å². The van der Waals surface area contributed by atoms with Crippen LogP contribution in [-0.2, 0) is 14.8 Å². The first kappa shape index (κ1) is 19.5. The molecule has 0 spiro atoms. The maximum absolute atomic E-state index is 12.9. The molecule has 0 fully saturated rings. The zero-order chi connectivity index (χ0) is 20.6. The number of rotatable bonds is 4. The van der Waals surface area contributed by atoms with Crippen molar-refractivity contribution in [3.05, 3.63) is 59.1 Å². The van der Waals surface area contributed by atoms with Gasteiger partial charge in [0.1, 0.15) is 0 Å². The van der Waals surface area contributed by atoms with E-state index in [1.807, 2.05) is 30.3 Å². The fourth-order valence-electron chi connectivity index (χ4n) is 3.14. The second-order valence-electron chi connectivity index (χ2n) is 7.02. The lowest BCUT2D eigenvalue weighted by molar-refractivity contribution is -0.112. The van der Waals surface area contributed by atoms with Gasteiger partial charge in [0.25, 0.3) is 15.9 Å². The lowest BCUT2D eigenvalue weighted by Gasteiger charge is -2.28. The highest BCUT2D eigenvalue weighted by Crippen LogP contribution is 2.36. The number of allylic oxidation sites excluding steroid dienone is 2. The van der Waals surface area contributed by atoms with Crippen molar-refractivity contribution < 1.29 is 13.2 Å². The summed E-state index contributed by atoms with van der Waals surface area (Å²) in [7, 11) is -3.56. The number of nitrogens with one attached hydrogen (secondary N) is 1. The maximum Gasteiger partial charge on any atom is 0.261 e. The minimum absolute atomic E-state index is 0.0690. The van der Waals surface area contributed by atoms with Gasteiger partial charge in [0.05, 0.1) is 17.0 Å². The van der Waals surface area contributed by atoms with Crippen molar-refractivity contribution >= 4 is 38.2 Å². The third-order valence-electron chi connectivity index (χ3n) is 4.55. The molecule has 0 bridgehead atoms. The summed E-state index contributed by atoms with van der Waals surface area (Å²) in [5.74, 6) is -0.104. The summed E-state index contributed by atoms with van der Waals surface area (Å²) in [6, 6.07) is 9.82. The van der Waals surface area contributed by atoms with Gasteiger partial charge in [0, 0.05) is 23.2 Å². The largest absolute Gasteiger partial charge is 0.331 e. The Labute approximate surface area is 173 Å². The summed E-state index contributed by atoms with van der Waals surface area (Å²) in [6.07, 6.45) is 5.00. The predicted octanol–water partition coefficient (Wildman–Crippen LogP) is 3.37. The van der Waals surface area contributed by atoms with Gasteiger partial charge in [0.2, 0.25) is 0 Å². The van der Waals surface area contributed by atoms with E-state index in [1.54, 1.807) is 23.3 Å². The third kappa shape index (κ3) is 4.01. The summed E-state index contributed by atoms with van der Waals surface area (Å²) in [6.45, 7) is 4.44. The van der Waals surface area contributed by atoms with Crippen LogP contribution in [0.2, 0.25) is 0 Å². The number of benzene rings is 1. The van der Waals surface area contributed by atoms with Crippen LogP contribution in [0.5, 0.6) is 0 Å². The van der Waals surface area contributed by atoms with E-state index in [9.17, 15) is 13.2 Å². The Hall–Kier alpha value is -2.78. The van der Waals surface area contributed by atoms with Crippen LogP contribution in [0.3, 0.4) is 0 Å². The smallest absolute Gasteiger partial charge is 0.261 e. The van der Waals surface area contributed by atoms with E-state index in [1.165, 1.54) is 11.3 Å². The van der Waals surface area contributed by atoms with Gasteiger partial charge >= 0.3 is 0 Å². The van der Waals surface area contributed by atoms with E-state index in [-0.39, 0.29) is 29.6 Å². The summed E-state index contributed by atoms with van der Waals surface area (Å²) in [5, 5.41) is 3.29. The van der Waals surface area contributed by atoms with Gasteiger partial charge in [0.15, 0.2) is 11.0 Å². The number of carbonyl (C=O) groups excluding carboxylic acids is 1. The Balaban J connectivity index is 1.64. The SMILES string of the molecule is CC(C)c1sc(NC(=O)C2=CC=CN3CCS(=O)(=O)N=C23)nc1-c1ccccc1. The number of hydrogen-bond donors (Lipinski definition) is 1. The molecule has 0 radical (unpaired) electrons. The van der Waals surface area contributed by atoms with Crippen LogP contribution >= 0.6 is 11.3 Å². The van der Waals surface area contributed by atoms with Crippen LogP contribution in [0.25, 0.3) is 11.3 Å². The molecule has 1 amide bonds. The van der Waals surface area contributed by atoms with Crippen LogP contribution in [0.15, 0.2) is 58.7 Å². The average molecular weight is 429 g/mol. The molecule has 7 nitrogen and oxygen atoms in total. The molecule has 9 heteroatoms. The van der Waals surface area contributed by atoms with E-state index in [4.69, 9.17) is 0 Å². The van der Waals surface area contributed by atoms with Gasteiger partial charge in [-0.05, 0) is 18.1 Å². The molecule has 1 aromatic carbocycles. The summed E-state index contributed by atoms with van der Waals surface area (Å²) in [4.78, 5) is 20.3. The normalized spacial score (nSPS) is 17.6. The number of nitrogens with zero attached hydrogens (tertiary/aromatic N) is 3. The zero-order valence-electron chi connectivity index (χ0n) is 16.0. The van der Waals surface area contributed by atoms with Crippen molar-refractivity contribution in [3.8, 4) is 11.3 Å². The molecule has 3 heterocycles. The van der Waals surface area contributed by atoms with Gasteiger partial charge in [-0.3, -0.25) is 10.1 Å². The molecule has 0 aliphatic carbocycles. The number of anilines is 1. The van der Waals surface area contributed by atoms with Crippen molar-refractivity contribution in [2.75, 3.05) is 17.6 Å². The van der Waals surface area contributed by atoms with Crippen LogP contribution in [0.4, 0.5) is 5.13 Å². The van der Waals surface area contributed by atoms with E-state index in [0.29, 0.717) is 5.13 Å². The van der Waals surface area contributed by atoms with Crippen molar-refractivity contribution in [1.29, 1.82) is 0 Å². The zero-order valence-corrected chi connectivity index (χ0v) is 17.6. The quantitative estimate of drug-likeness (QED) is 0.806. The first-order valence-electron chi connectivity index (χ1n) is 9.20. The molecule has 1 aromatic heterocycles. The lowest BCUT2D eigenvalue weighted by atomic mass is 10.1. The first-order chi connectivity index (χ1) is 13.8. The molecule has 2 aromatic rings. The monoisotopic (exact) mass is 428 g/mol. The summed E-state index contributed by atoms with van der Waals surface area (Å²) >= 11 is 1.42. The molecule has 150 valence electrons. The third-order valence-corrected chi connectivity index (χ3v) is 6.97. The molecule has 0 saturated carbocycles. The molecule has 0 unspecified atom stereocenters. The van der Waals surface area contributed by atoms with Crippen molar-refractivity contribution in [3.63, 3.8) is 0 Å². The fourth-order valence-corrected chi connectivity index (χ4v) is 5.11. The highest BCUT2D eigenvalue weighted by Gasteiger charge is 2.30. The molecule has 29 heavy (non-hydrogen) atoms. The van der Waals surface area contributed by atoms with E-state index in [0.717, 1.165) is 16.1 Å². The van der Waals surface area contributed by atoms with Crippen LogP contribution < -0.4 is 5.32 Å². The van der Waals surface area contributed by atoms with Gasteiger partial charge in [-0.2, -0.15) is 0 Å². The minimum Gasteiger partial charge on any atom is -0.331 e. The highest BCUT2D eigenvalue weighted by molar-refractivity contribution is 7.90. The number of thiazole rings is 1. The van der Waals surface area contributed by atoms with Crippen LogP contribution in [0.1, 0.15) is 24.6 Å². The van der Waals surface area contributed by atoms with Crippen LogP contribution in [0, 0.1) is 0 Å². The number of amidine groups is 1. The second-order valence-corrected chi connectivity index (χ2v) is 9.81. The number of hydrogen-bond acceptors (Lipinski definition) is 6. The first-order valence-corrected chi connectivity index (χ1v) is 11.6. The highest BCUT2D eigenvalue weighted by atomic mass is 32.2. The summed E-state index contributed by atoms with van der Waals surface area (Å²) < 4.78 is 27.6. The Morgan fingerprint density at radius 1 is 1.24 bits per heavy atom. The lowest BCUT2D eigenvalue weighted by Crippen LogP contribution is -2.40. The molecule has 2 aliphatic rings. The summed E-state index contributed by atoms with van der Waals surface area (Å²) in [5.41, 5.74) is 2.04. The van der Waals surface area contributed by atoms with Gasteiger partial charge in [-0.15, -0.1) is 15.7 Å². The molecular weight excluding hydrogens is 408 g/mol. The molecule has 2 aliphatic heterocycles. The minimum atomic E-state index is -3.56. The van der Waals surface area contributed by atoms with E-state index >= 15 is 0 Å². The Bertz CT molecular complexity index is 1150. The molecule has 0 saturated heterocycles. The number of carbonyl (C=O) groups is 1. The number of sulfonamides is 1. The predicted molar refractivity (Wildman–Crippen MR) is 115 cm³/mol. The molecular formula is C20H20N4O3S2. The molecule has 0 atom stereocenters.